The molecule has 0 amide bonds. The minimum absolute atomic E-state index is 0.791. The molecule has 0 aliphatic heterocycles. The van der Waals surface area contributed by atoms with E-state index in [-0.39, 0.29) is 0 Å². The van der Waals surface area contributed by atoms with E-state index in [1.54, 1.807) is 0 Å². The molecule has 2 rings (SSSR count). The highest BCUT2D eigenvalue weighted by Gasteiger charge is 2.20. The molecule has 1 fully saturated rings. The molecule has 0 atom stereocenters. The third kappa shape index (κ3) is 2.17. The van der Waals surface area contributed by atoms with Crippen LogP contribution in [0.25, 0.3) is 0 Å². The van der Waals surface area contributed by atoms with Crippen LogP contribution in [0.5, 0.6) is 0 Å². The summed E-state index contributed by atoms with van der Waals surface area (Å²) in [5, 5.41) is 0. The van der Waals surface area contributed by atoms with Gasteiger partial charge in [-0.15, -0.1) is 0 Å². The first-order valence-electron chi connectivity index (χ1n) is 5.86. The van der Waals surface area contributed by atoms with E-state index in [9.17, 15) is 0 Å². The van der Waals surface area contributed by atoms with E-state index in [4.69, 9.17) is 0 Å². The van der Waals surface area contributed by atoms with Crippen LogP contribution in [-0.4, -0.2) is 0 Å². The number of hydrogen-bond acceptors (Lipinski definition) is 0. The van der Waals surface area contributed by atoms with Gasteiger partial charge in [-0.3, -0.25) is 0 Å². The average Bonchev–Trinajstić information content (AvgIpc) is 2.30. The van der Waals surface area contributed by atoms with Gasteiger partial charge in [0.15, 0.2) is 0 Å². The maximum Gasteiger partial charge on any atom is -0.0146 e. The van der Waals surface area contributed by atoms with Crippen molar-refractivity contribution in [1.29, 1.82) is 0 Å². The van der Waals surface area contributed by atoms with Gasteiger partial charge in [-0.05, 0) is 49.1 Å². The molecule has 75 valence electrons. The van der Waals surface area contributed by atoms with Gasteiger partial charge in [0.1, 0.15) is 0 Å². The lowest BCUT2D eigenvalue weighted by Gasteiger charge is -2.27. The summed E-state index contributed by atoms with van der Waals surface area (Å²) in [5.41, 5.74) is 1.43. The highest BCUT2D eigenvalue weighted by Crippen LogP contribution is 2.36. The summed E-state index contributed by atoms with van der Waals surface area (Å²) < 4.78 is 0. The van der Waals surface area contributed by atoms with Gasteiger partial charge in [0, 0.05) is 0 Å². The molecule has 1 aromatic rings. The van der Waals surface area contributed by atoms with E-state index in [1.165, 1.54) is 37.7 Å². The second-order valence-corrected chi connectivity index (χ2v) is 4.44. The lowest BCUT2D eigenvalue weighted by molar-refractivity contribution is 0.318. The van der Waals surface area contributed by atoms with Crippen LogP contribution in [0.15, 0.2) is 24.3 Å². The molecule has 0 heteroatoms. The van der Waals surface area contributed by atoms with Crippen molar-refractivity contribution in [1.82, 2.24) is 0 Å². The Morgan fingerprint density at radius 2 is 2.00 bits per heavy atom. The molecule has 0 N–H and O–H groups in total. The fraction of sp³-hybridized carbons (Fsp3) is 0.571. The molecule has 0 heterocycles. The largest absolute Gasteiger partial charge is 0.0651 e. The van der Waals surface area contributed by atoms with Crippen molar-refractivity contribution in [3.8, 4) is 0 Å². The van der Waals surface area contributed by atoms with E-state index in [1.807, 2.05) is 6.07 Å². The van der Waals surface area contributed by atoms with E-state index in [0.29, 0.717) is 0 Å². The molecule has 1 aromatic carbocycles. The fourth-order valence-corrected chi connectivity index (χ4v) is 2.54. The van der Waals surface area contributed by atoms with Crippen LogP contribution in [0.4, 0.5) is 0 Å². The molecule has 0 bridgehead atoms. The Balaban J connectivity index is 1.96. The second-order valence-electron chi connectivity index (χ2n) is 4.44. The smallest absolute Gasteiger partial charge is 0.0146 e. The molecule has 14 heavy (non-hydrogen) atoms. The van der Waals surface area contributed by atoms with Gasteiger partial charge in [0.25, 0.3) is 0 Å². The zero-order valence-electron chi connectivity index (χ0n) is 9.00. The molecule has 1 aliphatic rings. The number of rotatable bonds is 2. The Labute approximate surface area is 87.3 Å². The van der Waals surface area contributed by atoms with Gasteiger partial charge < -0.3 is 0 Å². The van der Waals surface area contributed by atoms with Crippen molar-refractivity contribution in [3.05, 3.63) is 35.9 Å². The summed E-state index contributed by atoms with van der Waals surface area (Å²) in [6.45, 7) is 2.32. The summed E-state index contributed by atoms with van der Waals surface area (Å²) >= 11 is 0. The van der Waals surface area contributed by atoms with E-state index in [2.05, 4.69) is 31.2 Å². The highest BCUT2D eigenvalue weighted by molar-refractivity contribution is 5.18. The molecule has 0 unspecified atom stereocenters. The van der Waals surface area contributed by atoms with Crippen molar-refractivity contribution in [2.24, 2.45) is 5.92 Å². The summed E-state index contributed by atoms with van der Waals surface area (Å²) in [7, 11) is 0. The third-order valence-electron chi connectivity index (χ3n) is 3.60. The predicted octanol–water partition coefficient (Wildman–Crippen LogP) is 4.17. The average molecular weight is 187 g/mol. The first-order valence-corrected chi connectivity index (χ1v) is 5.86. The summed E-state index contributed by atoms with van der Waals surface area (Å²) in [6.07, 6.45) is 6.96. The van der Waals surface area contributed by atoms with Crippen LogP contribution in [0.2, 0.25) is 0 Å². The van der Waals surface area contributed by atoms with Crippen molar-refractivity contribution in [2.75, 3.05) is 0 Å². The normalized spacial score (nSPS) is 27.5. The van der Waals surface area contributed by atoms with Crippen LogP contribution in [0.3, 0.4) is 0 Å². The number of benzene rings is 1. The molecular weight excluding hydrogens is 168 g/mol. The van der Waals surface area contributed by atoms with Crippen LogP contribution in [0, 0.1) is 12.0 Å². The van der Waals surface area contributed by atoms with Gasteiger partial charge in [0.2, 0.25) is 0 Å². The van der Waals surface area contributed by atoms with Crippen LogP contribution < -0.4 is 0 Å². The standard InChI is InChI=1S/C14H19/c1-2-12-8-10-14(11-9-12)13-6-4-3-5-7-13/h3-6,12,14H,2,8-11H2,1H3. The highest BCUT2D eigenvalue weighted by atomic mass is 14.3. The Kier molecular flexibility index (Phi) is 3.23. The van der Waals surface area contributed by atoms with Crippen molar-refractivity contribution in [2.45, 2.75) is 44.9 Å². The van der Waals surface area contributed by atoms with E-state index in [0.717, 1.165) is 11.8 Å². The Bertz CT molecular complexity index is 255. The number of hydrogen-bond donors (Lipinski definition) is 0. The first-order chi connectivity index (χ1) is 6.90. The molecule has 1 radical (unpaired) electrons. The van der Waals surface area contributed by atoms with E-state index < -0.39 is 0 Å². The molecular formula is C14H19. The summed E-state index contributed by atoms with van der Waals surface area (Å²) in [5.74, 6) is 1.79. The van der Waals surface area contributed by atoms with Crippen molar-refractivity contribution >= 4 is 0 Å². The Hall–Kier alpha value is -0.780. The maximum atomic E-state index is 3.37. The Morgan fingerprint density at radius 3 is 2.57 bits per heavy atom. The zero-order chi connectivity index (χ0) is 9.80. The van der Waals surface area contributed by atoms with Gasteiger partial charge in [0.05, 0.1) is 0 Å². The molecule has 1 saturated carbocycles. The SMILES string of the molecule is CCC1CCC(c2[c]cccc2)CC1. The molecule has 0 saturated heterocycles. The van der Waals surface area contributed by atoms with Gasteiger partial charge in [-0.25, -0.2) is 0 Å². The zero-order valence-corrected chi connectivity index (χ0v) is 9.00. The van der Waals surface area contributed by atoms with Crippen molar-refractivity contribution in [3.63, 3.8) is 0 Å². The summed E-state index contributed by atoms with van der Waals surface area (Å²) in [4.78, 5) is 0. The van der Waals surface area contributed by atoms with Gasteiger partial charge in [-0.1, -0.05) is 37.6 Å². The molecule has 0 aromatic heterocycles. The second kappa shape index (κ2) is 4.63. The van der Waals surface area contributed by atoms with Gasteiger partial charge in [-0.2, -0.15) is 0 Å². The summed E-state index contributed by atoms with van der Waals surface area (Å²) in [6, 6.07) is 11.8. The minimum atomic E-state index is 0.791. The topological polar surface area (TPSA) is 0 Å². The predicted molar refractivity (Wildman–Crippen MR) is 60.3 cm³/mol. The monoisotopic (exact) mass is 187 g/mol. The minimum Gasteiger partial charge on any atom is -0.0651 e. The lowest BCUT2D eigenvalue weighted by atomic mass is 9.78. The van der Waals surface area contributed by atoms with E-state index >= 15 is 0 Å². The van der Waals surface area contributed by atoms with Crippen molar-refractivity contribution < 1.29 is 0 Å². The molecule has 0 spiro atoms. The van der Waals surface area contributed by atoms with Crippen LogP contribution in [0.1, 0.15) is 50.5 Å². The van der Waals surface area contributed by atoms with Crippen LogP contribution in [-0.2, 0) is 0 Å². The first kappa shape index (κ1) is 9.76. The fourth-order valence-electron chi connectivity index (χ4n) is 2.54. The van der Waals surface area contributed by atoms with Gasteiger partial charge >= 0.3 is 0 Å². The molecule has 1 aliphatic carbocycles. The maximum absolute atomic E-state index is 3.37. The quantitative estimate of drug-likeness (QED) is 0.652. The van der Waals surface area contributed by atoms with Crippen LogP contribution >= 0.6 is 0 Å². The Morgan fingerprint density at radius 1 is 1.21 bits per heavy atom. The molecule has 0 nitrogen and oxygen atoms in total. The lowest BCUT2D eigenvalue weighted by Crippen LogP contribution is -2.12. The third-order valence-corrected chi connectivity index (χ3v) is 3.60.